The SMILES string of the molecule is O=C1N(c2ccc(C(F)(F)F)cc2)C=CCC1(O)c1ccccc1. The number of amides is 1. The normalized spacial score (nSPS) is 21.2. The molecule has 1 N–H and O–H groups in total. The number of alkyl halides is 3. The first-order valence-electron chi connectivity index (χ1n) is 7.28. The number of anilines is 1. The zero-order chi connectivity index (χ0) is 17.4. The van der Waals surface area contributed by atoms with Gasteiger partial charge in [0.1, 0.15) is 0 Å². The molecule has 0 saturated carbocycles. The topological polar surface area (TPSA) is 40.5 Å². The van der Waals surface area contributed by atoms with Crippen molar-refractivity contribution in [2.45, 2.75) is 18.2 Å². The molecule has 1 heterocycles. The van der Waals surface area contributed by atoms with Gasteiger partial charge in [-0.15, -0.1) is 0 Å². The number of aliphatic hydroxyl groups is 1. The summed E-state index contributed by atoms with van der Waals surface area (Å²) in [6.07, 6.45) is -1.26. The summed E-state index contributed by atoms with van der Waals surface area (Å²) in [6.45, 7) is 0. The molecule has 1 unspecified atom stereocenters. The highest BCUT2D eigenvalue weighted by atomic mass is 19.4. The van der Waals surface area contributed by atoms with Gasteiger partial charge in [-0.1, -0.05) is 36.4 Å². The third-order valence-corrected chi connectivity index (χ3v) is 3.96. The number of rotatable bonds is 2. The Bertz CT molecular complexity index is 769. The van der Waals surface area contributed by atoms with Crippen LogP contribution in [0.4, 0.5) is 18.9 Å². The fraction of sp³-hybridized carbons (Fsp3) is 0.167. The van der Waals surface area contributed by atoms with Gasteiger partial charge in [-0.25, -0.2) is 0 Å². The van der Waals surface area contributed by atoms with E-state index in [1.807, 2.05) is 0 Å². The molecule has 0 saturated heterocycles. The third-order valence-electron chi connectivity index (χ3n) is 3.96. The average Bonchev–Trinajstić information content (AvgIpc) is 2.58. The molecular formula is C18H14F3NO2. The van der Waals surface area contributed by atoms with Crippen LogP contribution in [0, 0.1) is 0 Å². The van der Waals surface area contributed by atoms with E-state index < -0.39 is 23.2 Å². The van der Waals surface area contributed by atoms with E-state index in [1.54, 1.807) is 36.4 Å². The predicted molar refractivity (Wildman–Crippen MR) is 83.0 cm³/mol. The monoisotopic (exact) mass is 333 g/mol. The number of hydrogen-bond donors (Lipinski definition) is 1. The van der Waals surface area contributed by atoms with Crippen molar-refractivity contribution >= 4 is 11.6 Å². The molecule has 0 radical (unpaired) electrons. The van der Waals surface area contributed by atoms with Crippen LogP contribution in [0.1, 0.15) is 17.5 Å². The first-order valence-corrected chi connectivity index (χ1v) is 7.28. The molecule has 3 rings (SSSR count). The molecule has 1 aliphatic rings. The highest BCUT2D eigenvalue weighted by molar-refractivity contribution is 6.02. The maximum absolute atomic E-state index is 12.7. The standard InChI is InChI=1S/C18H14F3NO2/c19-18(20,21)14-7-9-15(10-8-14)22-12-4-11-17(24,16(22)23)13-5-2-1-3-6-13/h1-10,12,24H,11H2. The van der Waals surface area contributed by atoms with E-state index >= 15 is 0 Å². The molecule has 3 nitrogen and oxygen atoms in total. The zero-order valence-electron chi connectivity index (χ0n) is 12.5. The van der Waals surface area contributed by atoms with Crippen LogP contribution in [0.3, 0.4) is 0 Å². The van der Waals surface area contributed by atoms with Gasteiger partial charge in [0.25, 0.3) is 5.91 Å². The lowest BCUT2D eigenvalue weighted by Crippen LogP contribution is -2.47. The van der Waals surface area contributed by atoms with Crippen molar-refractivity contribution in [2.24, 2.45) is 0 Å². The summed E-state index contributed by atoms with van der Waals surface area (Å²) >= 11 is 0. The third kappa shape index (κ3) is 2.80. The van der Waals surface area contributed by atoms with Crippen molar-refractivity contribution in [3.63, 3.8) is 0 Å². The quantitative estimate of drug-likeness (QED) is 0.907. The van der Waals surface area contributed by atoms with Crippen LogP contribution in [0.15, 0.2) is 66.9 Å². The van der Waals surface area contributed by atoms with Crippen LogP contribution < -0.4 is 4.90 Å². The molecule has 2 aromatic rings. The Balaban J connectivity index is 1.94. The summed E-state index contributed by atoms with van der Waals surface area (Å²) in [5.74, 6) is -0.601. The number of hydrogen-bond acceptors (Lipinski definition) is 2. The summed E-state index contributed by atoms with van der Waals surface area (Å²) < 4.78 is 37.9. The fourth-order valence-corrected chi connectivity index (χ4v) is 2.65. The van der Waals surface area contributed by atoms with Gasteiger partial charge >= 0.3 is 6.18 Å². The molecule has 0 aromatic heterocycles. The zero-order valence-corrected chi connectivity index (χ0v) is 12.5. The molecule has 24 heavy (non-hydrogen) atoms. The van der Waals surface area contributed by atoms with Gasteiger partial charge in [0.15, 0.2) is 5.60 Å². The van der Waals surface area contributed by atoms with Gasteiger partial charge in [0.05, 0.1) is 5.56 Å². The van der Waals surface area contributed by atoms with Crippen molar-refractivity contribution in [1.82, 2.24) is 0 Å². The highest BCUT2D eigenvalue weighted by Gasteiger charge is 2.42. The van der Waals surface area contributed by atoms with Gasteiger partial charge < -0.3 is 5.11 Å². The second-order valence-corrected chi connectivity index (χ2v) is 5.53. The van der Waals surface area contributed by atoms with Crippen molar-refractivity contribution in [2.75, 3.05) is 4.90 Å². The van der Waals surface area contributed by atoms with Crippen LogP contribution in [0.2, 0.25) is 0 Å². The minimum Gasteiger partial charge on any atom is -0.375 e. The van der Waals surface area contributed by atoms with Crippen molar-refractivity contribution < 1.29 is 23.1 Å². The molecule has 1 aliphatic heterocycles. The van der Waals surface area contributed by atoms with Gasteiger partial charge in [-0.3, -0.25) is 9.69 Å². The Morgan fingerprint density at radius 3 is 2.21 bits per heavy atom. The predicted octanol–water partition coefficient (Wildman–Crippen LogP) is 3.84. The van der Waals surface area contributed by atoms with E-state index in [0.717, 1.165) is 17.0 Å². The maximum Gasteiger partial charge on any atom is 0.416 e. The van der Waals surface area contributed by atoms with E-state index in [4.69, 9.17) is 0 Å². The smallest absolute Gasteiger partial charge is 0.375 e. The second-order valence-electron chi connectivity index (χ2n) is 5.53. The molecule has 124 valence electrons. The lowest BCUT2D eigenvalue weighted by Gasteiger charge is -2.34. The van der Waals surface area contributed by atoms with E-state index in [1.165, 1.54) is 18.3 Å². The van der Waals surface area contributed by atoms with Gasteiger partial charge in [0, 0.05) is 18.3 Å². The first kappa shape index (κ1) is 16.3. The highest BCUT2D eigenvalue weighted by Crippen LogP contribution is 2.35. The van der Waals surface area contributed by atoms with E-state index in [0.29, 0.717) is 5.56 Å². The maximum atomic E-state index is 12.7. The minimum absolute atomic E-state index is 0.104. The Hall–Kier alpha value is -2.60. The Morgan fingerprint density at radius 1 is 1.00 bits per heavy atom. The summed E-state index contributed by atoms with van der Waals surface area (Å²) in [7, 11) is 0. The summed E-state index contributed by atoms with van der Waals surface area (Å²) in [5, 5.41) is 10.8. The van der Waals surface area contributed by atoms with E-state index in [-0.39, 0.29) is 12.1 Å². The molecule has 0 fully saturated rings. The number of benzene rings is 2. The first-order chi connectivity index (χ1) is 11.3. The molecular weight excluding hydrogens is 319 g/mol. The Labute approximate surface area is 136 Å². The summed E-state index contributed by atoms with van der Waals surface area (Å²) in [4.78, 5) is 13.9. The minimum atomic E-state index is -4.44. The van der Waals surface area contributed by atoms with Crippen LogP contribution in [-0.4, -0.2) is 11.0 Å². The Kier molecular flexibility index (Phi) is 3.93. The van der Waals surface area contributed by atoms with Gasteiger partial charge in [-0.2, -0.15) is 13.2 Å². The molecule has 1 atom stereocenters. The largest absolute Gasteiger partial charge is 0.416 e. The molecule has 6 heteroatoms. The number of halogens is 3. The van der Waals surface area contributed by atoms with Crippen LogP contribution in [-0.2, 0) is 16.6 Å². The van der Waals surface area contributed by atoms with Crippen molar-refractivity contribution in [3.8, 4) is 0 Å². The van der Waals surface area contributed by atoms with Crippen molar-refractivity contribution in [3.05, 3.63) is 78.0 Å². The van der Waals surface area contributed by atoms with E-state index in [2.05, 4.69) is 0 Å². The molecule has 0 spiro atoms. The average molecular weight is 333 g/mol. The molecule has 1 amide bonds. The number of carbonyl (C=O) groups excluding carboxylic acids is 1. The van der Waals surface area contributed by atoms with Crippen LogP contribution in [0.5, 0.6) is 0 Å². The number of carbonyl (C=O) groups is 1. The molecule has 0 aliphatic carbocycles. The number of nitrogens with zero attached hydrogens (tertiary/aromatic N) is 1. The second kappa shape index (κ2) is 5.79. The van der Waals surface area contributed by atoms with Gasteiger partial charge in [-0.05, 0) is 29.8 Å². The van der Waals surface area contributed by atoms with Crippen molar-refractivity contribution in [1.29, 1.82) is 0 Å². The fourth-order valence-electron chi connectivity index (χ4n) is 2.65. The van der Waals surface area contributed by atoms with Gasteiger partial charge in [0.2, 0.25) is 0 Å². The summed E-state index contributed by atoms with van der Waals surface area (Å²) in [5.41, 5.74) is -1.83. The van der Waals surface area contributed by atoms with Crippen LogP contribution in [0.25, 0.3) is 0 Å². The summed E-state index contributed by atoms with van der Waals surface area (Å²) in [6, 6.07) is 12.7. The van der Waals surface area contributed by atoms with E-state index in [9.17, 15) is 23.1 Å². The molecule has 2 aromatic carbocycles. The molecule has 0 bridgehead atoms. The Morgan fingerprint density at radius 2 is 1.62 bits per heavy atom. The lowest BCUT2D eigenvalue weighted by atomic mass is 9.87. The van der Waals surface area contributed by atoms with Crippen LogP contribution >= 0.6 is 0 Å². The lowest BCUT2D eigenvalue weighted by molar-refractivity contribution is -0.137.